The van der Waals surface area contributed by atoms with E-state index >= 15 is 0 Å². The largest absolute Gasteiger partial charge is 0.368 e. The summed E-state index contributed by atoms with van der Waals surface area (Å²) in [4.78, 5) is 27.6. The summed E-state index contributed by atoms with van der Waals surface area (Å²) in [6.07, 6.45) is 0. The monoisotopic (exact) mass is 447 g/mol. The number of hydrogen-bond acceptors (Lipinski definition) is 9. The van der Waals surface area contributed by atoms with Crippen LogP contribution < -0.4 is 21.5 Å². The number of nitrogens with zero attached hydrogens (tertiary/aromatic N) is 3. The first-order valence-corrected chi connectivity index (χ1v) is 10.3. The van der Waals surface area contributed by atoms with Crippen molar-refractivity contribution in [2.24, 2.45) is 5.73 Å². The summed E-state index contributed by atoms with van der Waals surface area (Å²) in [5, 5.41) is 6.71. The molecule has 3 aromatic rings. The molecule has 1 amide bonds. The number of sulfonamides is 1. The SMILES string of the molecule is Cc1cccc(F)c1C(=O)n1nc(Nc2ccc(S(=O)(=O)NC(=O)CN)cc2)nc1N. The minimum absolute atomic E-state index is 0.0631. The third-order valence-corrected chi connectivity index (χ3v) is 5.50. The molecule has 0 radical (unpaired) electrons. The Kier molecular flexibility index (Phi) is 5.99. The molecule has 31 heavy (non-hydrogen) atoms. The van der Waals surface area contributed by atoms with Gasteiger partial charge in [0.2, 0.25) is 17.8 Å². The normalized spacial score (nSPS) is 11.2. The average Bonchev–Trinajstić information content (AvgIpc) is 3.07. The van der Waals surface area contributed by atoms with E-state index in [9.17, 15) is 22.4 Å². The summed E-state index contributed by atoms with van der Waals surface area (Å²) in [5.41, 5.74) is 11.4. The Morgan fingerprint density at radius 3 is 2.45 bits per heavy atom. The fraction of sp³-hybridized carbons (Fsp3) is 0.111. The summed E-state index contributed by atoms with van der Waals surface area (Å²) < 4.78 is 40.8. The van der Waals surface area contributed by atoms with Crippen LogP contribution in [0.4, 0.5) is 22.0 Å². The van der Waals surface area contributed by atoms with Crippen molar-refractivity contribution in [3.8, 4) is 0 Å². The van der Waals surface area contributed by atoms with Gasteiger partial charge in [-0.3, -0.25) is 9.59 Å². The van der Waals surface area contributed by atoms with E-state index in [-0.39, 0.29) is 22.4 Å². The quantitative estimate of drug-likeness (QED) is 0.419. The summed E-state index contributed by atoms with van der Waals surface area (Å²) in [6.45, 7) is 1.11. The fourth-order valence-electron chi connectivity index (χ4n) is 2.63. The molecule has 1 heterocycles. The second-order valence-electron chi connectivity index (χ2n) is 6.32. The molecule has 0 fully saturated rings. The van der Waals surface area contributed by atoms with Crippen LogP contribution in [0.1, 0.15) is 15.9 Å². The molecule has 162 valence electrons. The van der Waals surface area contributed by atoms with Crippen LogP contribution in [0, 0.1) is 12.7 Å². The smallest absolute Gasteiger partial charge is 0.284 e. The van der Waals surface area contributed by atoms with Gasteiger partial charge in [0.1, 0.15) is 5.82 Å². The van der Waals surface area contributed by atoms with Crippen molar-refractivity contribution in [2.75, 3.05) is 17.6 Å². The number of rotatable bonds is 6. The first kappa shape index (κ1) is 21.9. The van der Waals surface area contributed by atoms with Gasteiger partial charge in [-0.05, 0) is 42.8 Å². The highest BCUT2D eigenvalue weighted by atomic mass is 32.2. The van der Waals surface area contributed by atoms with Crippen LogP contribution in [-0.2, 0) is 14.8 Å². The third-order valence-electron chi connectivity index (χ3n) is 4.11. The maximum absolute atomic E-state index is 14.1. The van der Waals surface area contributed by atoms with E-state index in [2.05, 4.69) is 15.4 Å². The van der Waals surface area contributed by atoms with E-state index in [1.165, 1.54) is 30.3 Å². The average molecular weight is 447 g/mol. The second-order valence-corrected chi connectivity index (χ2v) is 8.01. The summed E-state index contributed by atoms with van der Waals surface area (Å²) in [7, 11) is -4.06. The minimum atomic E-state index is -4.06. The van der Waals surface area contributed by atoms with Crippen molar-refractivity contribution < 1.29 is 22.4 Å². The molecule has 1 aromatic heterocycles. The lowest BCUT2D eigenvalue weighted by Gasteiger charge is -2.07. The Balaban J connectivity index is 1.81. The number of anilines is 3. The molecule has 0 aliphatic rings. The highest BCUT2D eigenvalue weighted by molar-refractivity contribution is 7.90. The third kappa shape index (κ3) is 4.67. The topological polar surface area (TPSA) is 175 Å². The number of nitrogen functional groups attached to an aromatic ring is 1. The van der Waals surface area contributed by atoms with Crippen molar-refractivity contribution in [1.29, 1.82) is 0 Å². The van der Waals surface area contributed by atoms with E-state index in [1.54, 1.807) is 13.0 Å². The zero-order chi connectivity index (χ0) is 22.8. The molecule has 11 nitrogen and oxygen atoms in total. The maximum atomic E-state index is 14.1. The van der Waals surface area contributed by atoms with E-state index in [4.69, 9.17) is 11.5 Å². The van der Waals surface area contributed by atoms with Gasteiger partial charge in [0, 0.05) is 5.69 Å². The van der Waals surface area contributed by atoms with E-state index in [0.717, 1.165) is 10.7 Å². The van der Waals surface area contributed by atoms with Crippen molar-refractivity contribution in [3.05, 3.63) is 59.4 Å². The molecule has 2 aromatic carbocycles. The standard InChI is InChI=1S/C18H18FN7O4S/c1-10-3-2-4-13(19)15(10)16(28)26-17(21)23-18(24-26)22-11-5-7-12(8-6-11)31(29,30)25-14(27)9-20/h2-8H,9,20H2,1H3,(H,25,27)(H3,21,22,23,24). The highest BCUT2D eigenvalue weighted by Gasteiger charge is 2.21. The van der Waals surface area contributed by atoms with Crippen LogP contribution in [-0.4, -0.2) is 41.5 Å². The van der Waals surface area contributed by atoms with E-state index < -0.39 is 34.2 Å². The predicted molar refractivity (Wildman–Crippen MR) is 109 cm³/mol. The molecule has 6 N–H and O–H groups in total. The zero-order valence-corrected chi connectivity index (χ0v) is 17.0. The molecule has 3 rings (SSSR count). The van der Waals surface area contributed by atoms with Gasteiger partial charge in [-0.25, -0.2) is 17.5 Å². The number of carbonyl (C=O) groups is 2. The Labute approximate surface area is 176 Å². The number of benzene rings is 2. The lowest BCUT2D eigenvalue weighted by atomic mass is 10.1. The maximum Gasteiger partial charge on any atom is 0.284 e. The molecule has 0 bridgehead atoms. The van der Waals surface area contributed by atoms with E-state index in [0.29, 0.717) is 11.3 Å². The molecule has 0 saturated carbocycles. The number of carbonyl (C=O) groups excluding carboxylic acids is 2. The van der Waals surface area contributed by atoms with Crippen molar-refractivity contribution in [3.63, 3.8) is 0 Å². The lowest BCUT2D eigenvalue weighted by Crippen LogP contribution is -2.35. The minimum Gasteiger partial charge on any atom is -0.368 e. The van der Waals surface area contributed by atoms with Gasteiger partial charge in [0.05, 0.1) is 17.0 Å². The number of halogens is 1. The van der Waals surface area contributed by atoms with Gasteiger partial charge in [-0.1, -0.05) is 12.1 Å². The van der Waals surface area contributed by atoms with Crippen LogP contribution in [0.25, 0.3) is 0 Å². The van der Waals surface area contributed by atoms with Crippen LogP contribution >= 0.6 is 0 Å². The fourth-order valence-corrected chi connectivity index (χ4v) is 3.63. The molecule has 0 unspecified atom stereocenters. The number of amides is 1. The summed E-state index contributed by atoms with van der Waals surface area (Å²) in [5.74, 6) is -2.67. The van der Waals surface area contributed by atoms with E-state index in [1.807, 2.05) is 4.72 Å². The molecule has 13 heteroatoms. The number of nitrogens with two attached hydrogens (primary N) is 2. The molecule has 0 saturated heterocycles. The van der Waals surface area contributed by atoms with Crippen LogP contribution in [0.5, 0.6) is 0 Å². The Hall–Kier alpha value is -3.84. The molecular formula is C18H18FN7O4S. The molecule has 0 aliphatic heterocycles. The van der Waals surface area contributed by atoms with Gasteiger partial charge in [0.25, 0.3) is 15.9 Å². The van der Waals surface area contributed by atoms with Crippen LogP contribution in [0.15, 0.2) is 47.4 Å². The number of nitrogens with one attached hydrogen (secondary N) is 2. The summed E-state index contributed by atoms with van der Waals surface area (Å²) >= 11 is 0. The Morgan fingerprint density at radius 1 is 1.16 bits per heavy atom. The predicted octanol–water partition coefficient (Wildman–Crippen LogP) is 0.504. The Morgan fingerprint density at radius 2 is 1.84 bits per heavy atom. The van der Waals surface area contributed by atoms with Gasteiger partial charge < -0.3 is 16.8 Å². The van der Waals surface area contributed by atoms with Gasteiger partial charge in [-0.15, -0.1) is 5.10 Å². The molecule has 0 spiro atoms. The van der Waals surface area contributed by atoms with Gasteiger partial charge in [-0.2, -0.15) is 9.67 Å². The van der Waals surface area contributed by atoms with Crippen LogP contribution in [0.2, 0.25) is 0 Å². The second kappa shape index (κ2) is 8.49. The Bertz CT molecular complexity index is 1240. The highest BCUT2D eigenvalue weighted by Crippen LogP contribution is 2.20. The molecule has 0 atom stereocenters. The van der Waals surface area contributed by atoms with Crippen molar-refractivity contribution in [1.82, 2.24) is 19.5 Å². The van der Waals surface area contributed by atoms with Crippen LogP contribution in [0.3, 0.4) is 0 Å². The van der Waals surface area contributed by atoms with Crippen molar-refractivity contribution in [2.45, 2.75) is 11.8 Å². The van der Waals surface area contributed by atoms with Gasteiger partial charge >= 0.3 is 0 Å². The molecule has 0 aliphatic carbocycles. The number of aromatic nitrogens is 3. The number of hydrogen-bond donors (Lipinski definition) is 4. The summed E-state index contributed by atoms with van der Waals surface area (Å²) in [6, 6.07) is 9.46. The van der Waals surface area contributed by atoms with Crippen molar-refractivity contribution >= 4 is 39.4 Å². The lowest BCUT2D eigenvalue weighted by molar-refractivity contribution is -0.118. The molecular weight excluding hydrogens is 429 g/mol. The zero-order valence-electron chi connectivity index (χ0n) is 16.2. The first-order valence-electron chi connectivity index (χ1n) is 8.77. The first-order chi connectivity index (χ1) is 14.6. The number of aryl methyl sites for hydroxylation is 1. The van der Waals surface area contributed by atoms with Gasteiger partial charge in [0.15, 0.2) is 0 Å².